The molecule has 0 atom stereocenters. The fourth-order valence-corrected chi connectivity index (χ4v) is 2.67. The van der Waals surface area contributed by atoms with E-state index in [0.29, 0.717) is 0 Å². The lowest BCUT2D eigenvalue weighted by Crippen LogP contribution is -2.36. The van der Waals surface area contributed by atoms with Gasteiger partial charge in [0.05, 0.1) is 5.69 Å². The zero-order chi connectivity index (χ0) is 11.1. The minimum atomic E-state index is 0.826. The van der Waals surface area contributed by atoms with E-state index >= 15 is 0 Å². The lowest BCUT2D eigenvalue weighted by molar-refractivity contribution is 0.359. The predicted octanol–water partition coefficient (Wildman–Crippen LogP) is 3.68. The van der Waals surface area contributed by atoms with Crippen molar-refractivity contribution in [2.75, 3.05) is 6.54 Å². The number of halogens is 1. The van der Waals surface area contributed by atoms with E-state index in [4.69, 9.17) is 16.6 Å². The molecule has 84 valence electrons. The van der Waals surface area contributed by atoms with Crippen molar-refractivity contribution >= 4 is 23.1 Å². The van der Waals surface area contributed by atoms with Crippen LogP contribution in [0.15, 0.2) is 17.1 Å². The molecule has 1 aromatic rings. The third-order valence-electron chi connectivity index (χ3n) is 3.49. The van der Waals surface area contributed by atoms with E-state index in [2.05, 4.69) is 17.9 Å². The van der Waals surface area contributed by atoms with Gasteiger partial charge in [0.25, 0.3) is 0 Å². The molecule has 0 amide bonds. The highest BCUT2D eigenvalue weighted by atomic mass is 35.5. The number of hydrogen-bond acceptors (Lipinski definition) is 2. The molecule has 0 bridgehead atoms. The molecule has 0 spiro atoms. The summed E-state index contributed by atoms with van der Waals surface area (Å²) in [7, 11) is 0. The molecule has 2 aliphatic heterocycles. The van der Waals surface area contributed by atoms with Crippen LogP contribution in [0.1, 0.15) is 30.4 Å². The van der Waals surface area contributed by atoms with Crippen molar-refractivity contribution < 1.29 is 0 Å². The van der Waals surface area contributed by atoms with Crippen LogP contribution in [-0.4, -0.2) is 17.3 Å². The molecule has 0 saturated carbocycles. The summed E-state index contributed by atoms with van der Waals surface area (Å²) in [5, 5.41) is 0.826. The van der Waals surface area contributed by atoms with E-state index in [9.17, 15) is 0 Å². The van der Waals surface area contributed by atoms with Crippen LogP contribution in [0.4, 0.5) is 5.69 Å². The molecular weight excluding hydrogens is 220 g/mol. The highest BCUT2D eigenvalue weighted by molar-refractivity contribution is 6.31. The molecule has 0 radical (unpaired) electrons. The Kier molecular flexibility index (Phi) is 2.40. The zero-order valence-corrected chi connectivity index (χ0v) is 10.2. The number of piperidine rings is 1. The van der Waals surface area contributed by atoms with Crippen LogP contribution in [0, 0.1) is 6.92 Å². The maximum Gasteiger partial charge on any atom is 0.105 e. The standard InChI is InChI=1S/C13H15ClN2/c1-9-11(14)6-5-10-8-16-7-3-2-4-12(16)15-13(9)10/h5-6H,2-4,7-8H2,1H3. The molecule has 0 aromatic heterocycles. The first-order valence-electron chi connectivity index (χ1n) is 5.86. The minimum Gasteiger partial charge on any atom is -0.356 e. The summed E-state index contributed by atoms with van der Waals surface area (Å²) in [4.78, 5) is 7.19. The summed E-state index contributed by atoms with van der Waals surface area (Å²) < 4.78 is 0. The maximum absolute atomic E-state index is 6.14. The molecule has 0 N–H and O–H groups in total. The molecule has 0 unspecified atom stereocenters. The van der Waals surface area contributed by atoms with Gasteiger partial charge >= 0.3 is 0 Å². The summed E-state index contributed by atoms with van der Waals surface area (Å²) in [6, 6.07) is 4.10. The van der Waals surface area contributed by atoms with Crippen LogP contribution >= 0.6 is 11.6 Å². The largest absolute Gasteiger partial charge is 0.356 e. The lowest BCUT2D eigenvalue weighted by atomic mass is 10.0. The summed E-state index contributed by atoms with van der Waals surface area (Å²) in [5.41, 5.74) is 3.55. The smallest absolute Gasteiger partial charge is 0.105 e. The summed E-state index contributed by atoms with van der Waals surface area (Å²) in [6.45, 7) is 4.22. The number of rotatable bonds is 0. The summed E-state index contributed by atoms with van der Waals surface area (Å²) in [6.07, 6.45) is 3.68. The van der Waals surface area contributed by atoms with Gasteiger partial charge in [0, 0.05) is 24.5 Å². The monoisotopic (exact) mass is 234 g/mol. The molecule has 1 fully saturated rings. The van der Waals surface area contributed by atoms with Crippen LogP contribution < -0.4 is 0 Å². The van der Waals surface area contributed by atoms with Gasteiger partial charge in [0.2, 0.25) is 0 Å². The third kappa shape index (κ3) is 1.52. The van der Waals surface area contributed by atoms with Crippen molar-refractivity contribution in [2.24, 2.45) is 4.99 Å². The van der Waals surface area contributed by atoms with Crippen LogP contribution in [0.5, 0.6) is 0 Å². The molecule has 2 heterocycles. The zero-order valence-electron chi connectivity index (χ0n) is 9.46. The second kappa shape index (κ2) is 3.77. The van der Waals surface area contributed by atoms with Crippen molar-refractivity contribution in [3.8, 4) is 0 Å². The number of hydrogen-bond donors (Lipinski definition) is 0. The number of amidine groups is 1. The van der Waals surface area contributed by atoms with Crippen LogP contribution in [0.2, 0.25) is 5.02 Å². The van der Waals surface area contributed by atoms with E-state index < -0.39 is 0 Å². The van der Waals surface area contributed by atoms with Crippen molar-refractivity contribution in [1.82, 2.24) is 4.90 Å². The van der Waals surface area contributed by atoms with Gasteiger partial charge < -0.3 is 4.90 Å². The first-order valence-corrected chi connectivity index (χ1v) is 6.24. The van der Waals surface area contributed by atoms with Crippen LogP contribution in [0.3, 0.4) is 0 Å². The topological polar surface area (TPSA) is 15.6 Å². The van der Waals surface area contributed by atoms with Gasteiger partial charge in [-0.1, -0.05) is 17.7 Å². The van der Waals surface area contributed by atoms with Gasteiger partial charge in [-0.15, -0.1) is 0 Å². The van der Waals surface area contributed by atoms with Gasteiger partial charge in [0.1, 0.15) is 5.84 Å². The normalized spacial score (nSPS) is 18.9. The fraction of sp³-hybridized carbons (Fsp3) is 0.462. The molecule has 3 heteroatoms. The Bertz CT molecular complexity index is 465. The second-order valence-corrected chi connectivity index (χ2v) is 4.99. The SMILES string of the molecule is Cc1c(Cl)ccc2c1N=C1CCCCN1C2. The first kappa shape index (κ1) is 10.2. The van der Waals surface area contributed by atoms with Crippen molar-refractivity contribution in [3.05, 3.63) is 28.3 Å². The highest BCUT2D eigenvalue weighted by Crippen LogP contribution is 2.35. The van der Waals surface area contributed by atoms with Gasteiger partial charge in [-0.05, 0) is 37.0 Å². The van der Waals surface area contributed by atoms with Gasteiger partial charge in [0.15, 0.2) is 0 Å². The van der Waals surface area contributed by atoms with Crippen molar-refractivity contribution in [1.29, 1.82) is 0 Å². The Morgan fingerprint density at radius 2 is 2.19 bits per heavy atom. The van der Waals surface area contributed by atoms with Crippen molar-refractivity contribution in [3.63, 3.8) is 0 Å². The van der Waals surface area contributed by atoms with Gasteiger partial charge in [-0.25, -0.2) is 4.99 Å². The van der Waals surface area contributed by atoms with Crippen LogP contribution in [0.25, 0.3) is 0 Å². The Labute approximate surface area is 101 Å². The van der Waals surface area contributed by atoms with Crippen molar-refractivity contribution in [2.45, 2.75) is 32.7 Å². The average Bonchev–Trinajstić information content (AvgIpc) is 2.32. The predicted molar refractivity (Wildman–Crippen MR) is 67.5 cm³/mol. The molecule has 1 aromatic carbocycles. The second-order valence-electron chi connectivity index (χ2n) is 4.59. The van der Waals surface area contributed by atoms with Gasteiger partial charge in [-0.2, -0.15) is 0 Å². The van der Waals surface area contributed by atoms with E-state index in [1.165, 1.54) is 24.2 Å². The maximum atomic E-state index is 6.14. The lowest BCUT2D eigenvalue weighted by Gasteiger charge is -2.34. The quantitative estimate of drug-likeness (QED) is 0.669. The number of nitrogens with zero attached hydrogens (tertiary/aromatic N) is 2. The number of fused-ring (bicyclic) bond motifs is 2. The Morgan fingerprint density at radius 1 is 1.31 bits per heavy atom. The van der Waals surface area contributed by atoms with Gasteiger partial charge in [-0.3, -0.25) is 0 Å². The highest BCUT2D eigenvalue weighted by Gasteiger charge is 2.23. The molecular formula is C13H15ClN2. The summed E-state index contributed by atoms with van der Waals surface area (Å²) in [5.74, 6) is 1.25. The van der Waals surface area contributed by atoms with E-state index in [-0.39, 0.29) is 0 Å². The van der Waals surface area contributed by atoms with Crippen LogP contribution in [-0.2, 0) is 6.54 Å². The molecule has 2 aliphatic rings. The molecule has 3 rings (SSSR count). The van der Waals surface area contributed by atoms with E-state index in [1.54, 1.807) is 0 Å². The van der Waals surface area contributed by atoms with E-state index in [0.717, 1.165) is 35.8 Å². The number of aliphatic imine (C=N–C) groups is 1. The average molecular weight is 235 g/mol. The molecule has 0 aliphatic carbocycles. The minimum absolute atomic E-state index is 0.826. The molecule has 2 nitrogen and oxygen atoms in total. The summed E-state index contributed by atoms with van der Waals surface area (Å²) >= 11 is 6.14. The first-order chi connectivity index (χ1) is 7.75. The molecule has 16 heavy (non-hydrogen) atoms. The fourth-order valence-electron chi connectivity index (χ4n) is 2.52. The van der Waals surface area contributed by atoms with E-state index in [1.807, 2.05) is 6.07 Å². The third-order valence-corrected chi connectivity index (χ3v) is 3.90. The molecule has 1 saturated heterocycles. The number of benzene rings is 1. The Hall–Kier alpha value is -1.02. The Morgan fingerprint density at radius 3 is 3.06 bits per heavy atom. The Balaban J connectivity index is 2.10.